The molecule has 3 nitrogen and oxygen atoms in total. The predicted octanol–water partition coefficient (Wildman–Crippen LogP) is 2.82. The molecule has 0 fully saturated rings. The Bertz CT molecular complexity index is 216. The summed E-state index contributed by atoms with van der Waals surface area (Å²) in [5, 5.41) is 0. The highest BCUT2D eigenvalue weighted by atomic mass is 16.5. The highest BCUT2D eigenvalue weighted by Gasteiger charge is 2.29. The first-order chi connectivity index (χ1) is 7.64. The fourth-order valence-corrected chi connectivity index (χ4v) is 2.29. The summed E-state index contributed by atoms with van der Waals surface area (Å²) in [5.41, 5.74) is 11.8. The molecule has 0 bridgehead atoms. The molecule has 0 aromatic carbocycles. The number of nitrogens with two attached hydrogens (primary N) is 2. The van der Waals surface area contributed by atoms with Gasteiger partial charge in [-0.25, -0.2) is 0 Å². The summed E-state index contributed by atoms with van der Waals surface area (Å²) < 4.78 is 6.18. The minimum atomic E-state index is -0.137. The highest BCUT2D eigenvalue weighted by molar-refractivity contribution is 4.83. The van der Waals surface area contributed by atoms with Crippen molar-refractivity contribution in [3.63, 3.8) is 0 Å². The predicted molar refractivity (Wildman–Crippen MR) is 75.0 cm³/mol. The van der Waals surface area contributed by atoms with Gasteiger partial charge in [0.2, 0.25) is 0 Å². The molecule has 4 unspecified atom stereocenters. The van der Waals surface area contributed by atoms with Crippen LogP contribution in [-0.4, -0.2) is 23.3 Å². The van der Waals surface area contributed by atoms with Crippen molar-refractivity contribution in [3.05, 3.63) is 0 Å². The molecule has 4 N–H and O–H groups in total. The molecule has 0 saturated carbocycles. The van der Waals surface area contributed by atoms with Gasteiger partial charge in [0.15, 0.2) is 0 Å². The van der Waals surface area contributed by atoms with E-state index in [1.807, 2.05) is 6.92 Å². The van der Waals surface area contributed by atoms with Gasteiger partial charge in [-0.15, -0.1) is 0 Å². The first kappa shape index (κ1) is 16.9. The first-order valence-corrected chi connectivity index (χ1v) is 6.86. The SMILES string of the molecule is CCC(C)(N)CC(C)OC(C)(CC)CC(C)N. The normalized spacial score (nSPS) is 22.6. The Labute approximate surface area is 107 Å². The van der Waals surface area contributed by atoms with Gasteiger partial charge in [0, 0.05) is 11.6 Å². The van der Waals surface area contributed by atoms with Gasteiger partial charge >= 0.3 is 0 Å². The summed E-state index contributed by atoms with van der Waals surface area (Å²) in [6.45, 7) is 12.6. The highest BCUT2D eigenvalue weighted by Crippen LogP contribution is 2.26. The second-order valence-electron chi connectivity index (χ2n) is 6.13. The number of ether oxygens (including phenoxy) is 1. The standard InChI is InChI=1S/C14H32N2O/c1-7-13(5,16)10-12(4)17-14(6,8-2)9-11(3)15/h11-12H,7-10,15-16H2,1-6H3. The van der Waals surface area contributed by atoms with Gasteiger partial charge in [0.05, 0.1) is 11.7 Å². The maximum Gasteiger partial charge on any atom is 0.0670 e. The van der Waals surface area contributed by atoms with Crippen LogP contribution in [0.3, 0.4) is 0 Å². The van der Waals surface area contributed by atoms with Gasteiger partial charge in [-0.05, 0) is 53.4 Å². The Morgan fingerprint density at radius 3 is 1.94 bits per heavy atom. The zero-order chi connectivity index (χ0) is 13.7. The molecular formula is C14H32N2O. The van der Waals surface area contributed by atoms with Crippen molar-refractivity contribution in [1.29, 1.82) is 0 Å². The summed E-state index contributed by atoms with van der Waals surface area (Å²) in [6, 6.07) is 0.169. The topological polar surface area (TPSA) is 61.3 Å². The third-order valence-electron chi connectivity index (χ3n) is 3.55. The van der Waals surface area contributed by atoms with Gasteiger partial charge < -0.3 is 16.2 Å². The Balaban J connectivity index is 4.37. The lowest BCUT2D eigenvalue weighted by atomic mass is 9.91. The van der Waals surface area contributed by atoms with Gasteiger partial charge in [0.1, 0.15) is 0 Å². The quantitative estimate of drug-likeness (QED) is 0.690. The molecule has 0 amide bonds. The van der Waals surface area contributed by atoms with Crippen molar-refractivity contribution >= 4 is 0 Å². The van der Waals surface area contributed by atoms with Crippen LogP contribution in [0.1, 0.15) is 67.2 Å². The average Bonchev–Trinajstić information content (AvgIpc) is 2.15. The molecule has 0 aromatic rings. The largest absolute Gasteiger partial charge is 0.372 e. The molecule has 4 atom stereocenters. The maximum absolute atomic E-state index is 6.18. The summed E-state index contributed by atoms with van der Waals surface area (Å²) in [6.07, 6.45) is 3.90. The zero-order valence-electron chi connectivity index (χ0n) is 12.5. The summed E-state index contributed by atoms with van der Waals surface area (Å²) in [5.74, 6) is 0. The molecular weight excluding hydrogens is 212 g/mol. The lowest BCUT2D eigenvalue weighted by Crippen LogP contribution is -2.43. The van der Waals surface area contributed by atoms with E-state index in [1.54, 1.807) is 0 Å². The van der Waals surface area contributed by atoms with Crippen LogP contribution in [-0.2, 0) is 4.74 Å². The fraction of sp³-hybridized carbons (Fsp3) is 1.00. The molecule has 0 spiro atoms. The molecule has 0 aliphatic rings. The van der Waals surface area contributed by atoms with Gasteiger partial charge in [-0.1, -0.05) is 13.8 Å². The van der Waals surface area contributed by atoms with Crippen molar-refractivity contribution in [2.45, 2.75) is 90.5 Å². The van der Waals surface area contributed by atoms with E-state index in [4.69, 9.17) is 16.2 Å². The maximum atomic E-state index is 6.18. The van der Waals surface area contributed by atoms with Crippen molar-refractivity contribution in [3.8, 4) is 0 Å². The van der Waals surface area contributed by atoms with Crippen molar-refractivity contribution in [1.82, 2.24) is 0 Å². The smallest absolute Gasteiger partial charge is 0.0670 e. The number of rotatable bonds is 8. The van der Waals surface area contributed by atoms with Crippen molar-refractivity contribution in [2.75, 3.05) is 0 Å². The molecule has 0 rings (SSSR count). The van der Waals surface area contributed by atoms with Gasteiger partial charge in [0.25, 0.3) is 0 Å². The Hall–Kier alpha value is -0.120. The molecule has 104 valence electrons. The summed E-state index contributed by atoms with van der Waals surface area (Å²) in [7, 11) is 0. The van der Waals surface area contributed by atoms with Crippen LogP contribution >= 0.6 is 0 Å². The lowest BCUT2D eigenvalue weighted by molar-refractivity contribution is -0.0929. The van der Waals surface area contributed by atoms with E-state index >= 15 is 0 Å². The molecule has 0 aliphatic carbocycles. The van der Waals surface area contributed by atoms with E-state index in [0.29, 0.717) is 0 Å². The lowest BCUT2D eigenvalue weighted by Gasteiger charge is -2.36. The van der Waals surface area contributed by atoms with Gasteiger partial charge in [-0.3, -0.25) is 0 Å². The number of hydrogen-bond donors (Lipinski definition) is 2. The second kappa shape index (κ2) is 6.72. The molecule has 0 radical (unpaired) electrons. The summed E-state index contributed by atoms with van der Waals surface area (Å²) in [4.78, 5) is 0. The average molecular weight is 244 g/mol. The van der Waals surface area contributed by atoms with E-state index in [-0.39, 0.29) is 23.3 Å². The molecule has 17 heavy (non-hydrogen) atoms. The van der Waals surface area contributed by atoms with Crippen LogP contribution in [0.25, 0.3) is 0 Å². The molecule has 0 aromatic heterocycles. The van der Waals surface area contributed by atoms with Crippen LogP contribution in [0.15, 0.2) is 0 Å². The van der Waals surface area contributed by atoms with Crippen LogP contribution < -0.4 is 11.5 Å². The molecule has 0 heterocycles. The second-order valence-corrected chi connectivity index (χ2v) is 6.13. The van der Waals surface area contributed by atoms with E-state index < -0.39 is 0 Å². The molecule has 0 aliphatic heterocycles. The van der Waals surface area contributed by atoms with Crippen LogP contribution in [0.2, 0.25) is 0 Å². The summed E-state index contributed by atoms with van der Waals surface area (Å²) >= 11 is 0. The van der Waals surface area contributed by atoms with Crippen molar-refractivity contribution < 1.29 is 4.74 Å². The zero-order valence-corrected chi connectivity index (χ0v) is 12.5. The first-order valence-electron chi connectivity index (χ1n) is 6.86. The van der Waals surface area contributed by atoms with E-state index in [9.17, 15) is 0 Å². The third-order valence-corrected chi connectivity index (χ3v) is 3.55. The Morgan fingerprint density at radius 2 is 1.59 bits per heavy atom. The number of hydrogen-bond acceptors (Lipinski definition) is 3. The minimum Gasteiger partial charge on any atom is -0.372 e. The monoisotopic (exact) mass is 244 g/mol. The minimum absolute atomic E-state index is 0.128. The van der Waals surface area contributed by atoms with E-state index in [1.165, 1.54) is 0 Å². The molecule has 3 heteroatoms. The van der Waals surface area contributed by atoms with E-state index in [2.05, 4.69) is 34.6 Å². The Kier molecular flexibility index (Phi) is 6.67. The van der Waals surface area contributed by atoms with Crippen LogP contribution in [0.4, 0.5) is 0 Å². The van der Waals surface area contributed by atoms with Crippen molar-refractivity contribution in [2.24, 2.45) is 11.5 Å². The molecule has 0 saturated heterocycles. The Morgan fingerprint density at radius 1 is 1.06 bits per heavy atom. The van der Waals surface area contributed by atoms with Crippen LogP contribution in [0, 0.1) is 0 Å². The van der Waals surface area contributed by atoms with E-state index in [0.717, 1.165) is 25.7 Å². The van der Waals surface area contributed by atoms with Crippen LogP contribution in [0.5, 0.6) is 0 Å². The third kappa shape index (κ3) is 7.02. The van der Waals surface area contributed by atoms with Gasteiger partial charge in [-0.2, -0.15) is 0 Å². The fourth-order valence-electron chi connectivity index (χ4n) is 2.29.